The number of rotatable bonds is 4. The Morgan fingerprint density at radius 2 is 1.84 bits per heavy atom. The molecule has 0 bridgehead atoms. The van der Waals surface area contributed by atoms with Crippen LogP contribution in [0.4, 0.5) is 22.0 Å². The van der Waals surface area contributed by atoms with E-state index in [2.05, 4.69) is 9.98 Å². The monoisotopic (exact) mass is 490 g/mol. The molecule has 1 aromatic carbocycles. The molecule has 32 heavy (non-hydrogen) atoms. The lowest BCUT2D eigenvalue weighted by Crippen LogP contribution is -2.04. The summed E-state index contributed by atoms with van der Waals surface area (Å²) in [5.41, 5.74) is -0.144. The van der Waals surface area contributed by atoms with Crippen molar-refractivity contribution in [2.75, 3.05) is 18.9 Å². The molecule has 0 amide bonds. The molecule has 1 aromatic heterocycles. The summed E-state index contributed by atoms with van der Waals surface area (Å²) in [4.78, 5) is 17.9. The number of hydrogen-bond donors (Lipinski definition) is 1. The third-order valence-electron chi connectivity index (χ3n) is 4.04. The van der Waals surface area contributed by atoms with Gasteiger partial charge >= 0.3 is 0 Å². The summed E-state index contributed by atoms with van der Waals surface area (Å²) in [7, 11) is 0. The lowest BCUT2D eigenvalue weighted by molar-refractivity contribution is -0.134. The molecule has 2 aliphatic rings. The maximum atomic E-state index is 14.0. The van der Waals surface area contributed by atoms with Crippen molar-refractivity contribution < 1.29 is 36.6 Å². The topological polar surface area (TPSA) is 71.8 Å². The molecular weight excluding hydrogens is 475 g/mol. The van der Waals surface area contributed by atoms with Crippen LogP contribution in [-0.2, 0) is 4.79 Å². The lowest BCUT2D eigenvalue weighted by atomic mass is 10.2. The Morgan fingerprint density at radius 1 is 1.12 bits per heavy atom. The fraction of sp³-hybridized carbons (Fsp3) is 0.250. The maximum Gasteiger partial charge on any atom is 0.300 e. The first-order chi connectivity index (χ1) is 15.2. The zero-order valence-electron chi connectivity index (χ0n) is 16.4. The fourth-order valence-corrected chi connectivity index (χ4v) is 4.56. The molecule has 170 valence electrons. The number of thiazole rings is 1. The number of halogens is 5. The highest BCUT2D eigenvalue weighted by Gasteiger charge is 2.28. The number of aromatic nitrogens is 1. The van der Waals surface area contributed by atoms with E-state index in [4.69, 9.17) is 14.6 Å². The average Bonchev–Trinajstić information content (AvgIpc) is 3.39. The molecular formula is C20H15F5N2O3S2. The first-order valence-corrected chi connectivity index (χ1v) is 10.9. The number of benzene rings is 1. The number of carboxylic acids is 1. The highest BCUT2D eigenvalue weighted by Crippen LogP contribution is 2.37. The lowest BCUT2D eigenvalue weighted by Gasteiger charge is -2.09. The van der Waals surface area contributed by atoms with Crippen LogP contribution in [0, 0.1) is 0 Å². The minimum absolute atomic E-state index is 0.260. The summed E-state index contributed by atoms with van der Waals surface area (Å²) < 4.78 is 74.2. The van der Waals surface area contributed by atoms with E-state index in [-0.39, 0.29) is 5.75 Å². The number of carboxylic acid groups (broad SMARTS) is 1. The zero-order valence-corrected chi connectivity index (χ0v) is 18.1. The van der Waals surface area contributed by atoms with Crippen molar-refractivity contribution in [3.8, 4) is 5.75 Å². The predicted octanol–water partition coefficient (Wildman–Crippen LogP) is 6.19. The van der Waals surface area contributed by atoms with Crippen LogP contribution >= 0.6 is 23.1 Å². The molecule has 0 saturated heterocycles. The zero-order chi connectivity index (χ0) is 23.4. The van der Waals surface area contributed by atoms with E-state index in [9.17, 15) is 22.0 Å². The van der Waals surface area contributed by atoms with Crippen LogP contribution in [0.5, 0.6) is 5.75 Å². The number of thioether (sulfide) groups is 1. The summed E-state index contributed by atoms with van der Waals surface area (Å²) >= 11 is 3.02. The van der Waals surface area contributed by atoms with Crippen molar-refractivity contribution in [3.05, 3.63) is 57.9 Å². The Bertz CT molecular complexity index is 1180. The third kappa shape index (κ3) is 5.54. The molecule has 2 aromatic rings. The molecule has 2 heterocycles. The number of fused-ring (bicyclic) bond motifs is 1. The van der Waals surface area contributed by atoms with Gasteiger partial charge in [0.1, 0.15) is 34.1 Å². The number of allylic oxidation sites excluding steroid dienone is 4. The largest absolute Gasteiger partial charge is 0.489 e. The predicted molar refractivity (Wildman–Crippen MR) is 114 cm³/mol. The number of nitrogens with zero attached hydrogens (tertiary/aromatic N) is 2. The first-order valence-electron chi connectivity index (χ1n) is 9.05. The molecule has 1 N–H and O–H groups in total. The molecule has 0 saturated carbocycles. The quantitative estimate of drug-likeness (QED) is 0.518. The van der Waals surface area contributed by atoms with Crippen LogP contribution in [0.2, 0.25) is 0 Å². The molecule has 1 aliphatic heterocycles. The minimum Gasteiger partial charge on any atom is -0.489 e. The van der Waals surface area contributed by atoms with Crippen molar-refractivity contribution in [3.63, 3.8) is 0 Å². The third-order valence-corrected chi connectivity index (χ3v) is 6.17. The van der Waals surface area contributed by atoms with Crippen LogP contribution in [-0.4, -0.2) is 40.0 Å². The Morgan fingerprint density at radius 3 is 2.50 bits per heavy atom. The molecule has 0 spiro atoms. The Balaban J connectivity index is 0.000000668. The van der Waals surface area contributed by atoms with Gasteiger partial charge < -0.3 is 9.84 Å². The smallest absolute Gasteiger partial charge is 0.300 e. The van der Waals surface area contributed by atoms with Crippen LogP contribution in [0.3, 0.4) is 0 Å². The highest BCUT2D eigenvalue weighted by molar-refractivity contribution is 8.15. The summed E-state index contributed by atoms with van der Waals surface area (Å²) in [5.74, 6) is -8.60. The molecule has 4 rings (SSSR count). The molecule has 1 aliphatic carbocycles. The second-order valence-corrected chi connectivity index (χ2v) is 8.51. The van der Waals surface area contributed by atoms with Crippen LogP contribution in [0.15, 0.2) is 57.9 Å². The van der Waals surface area contributed by atoms with Crippen molar-refractivity contribution in [1.82, 2.24) is 4.98 Å². The van der Waals surface area contributed by atoms with Gasteiger partial charge in [-0.05, 0) is 18.2 Å². The van der Waals surface area contributed by atoms with Gasteiger partial charge in [-0.25, -0.2) is 26.9 Å². The SMILES string of the molecule is CC(=O)O.FC1=C(F)C(F)=C(F)C(COc2ccc3nc(C4=NCCS4)sc3c2)=C(F)C1. The second-order valence-electron chi connectivity index (χ2n) is 6.40. The number of aliphatic imine (C=N–C) groups is 1. The molecule has 0 atom stereocenters. The summed E-state index contributed by atoms with van der Waals surface area (Å²) in [6.45, 7) is 1.11. The number of carbonyl (C=O) groups is 1. The van der Waals surface area contributed by atoms with E-state index < -0.39 is 53.7 Å². The molecule has 0 fully saturated rings. The summed E-state index contributed by atoms with van der Waals surface area (Å²) in [5, 5.41) is 9.06. The molecule has 5 nitrogen and oxygen atoms in total. The van der Waals surface area contributed by atoms with Gasteiger partial charge in [0.05, 0.1) is 22.2 Å². The maximum absolute atomic E-state index is 14.0. The van der Waals surface area contributed by atoms with Crippen LogP contribution in [0.1, 0.15) is 18.4 Å². The van der Waals surface area contributed by atoms with E-state index in [1.807, 2.05) is 0 Å². The second kappa shape index (κ2) is 10.3. The van der Waals surface area contributed by atoms with Crippen molar-refractivity contribution in [2.24, 2.45) is 4.99 Å². The fourth-order valence-electron chi connectivity index (χ4n) is 2.64. The first kappa shape index (κ1) is 23.9. The normalized spacial score (nSPS) is 16.8. The summed E-state index contributed by atoms with van der Waals surface area (Å²) in [6, 6.07) is 4.85. The van der Waals surface area contributed by atoms with Crippen LogP contribution in [0.25, 0.3) is 10.2 Å². The van der Waals surface area contributed by atoms with E-state index in [1.165, 1.54) is 11.3 Å². The van der Waals surface area contributed by atoms with Gasteiger partial charge in [-0.1, -0.05) is 0 Å². The minimum atomic E-state index is -2.07. The Kier molecular flexibility index (Phi) is 7.67. The van der Waals surface area contributed by atoms with Crippen molar-refractivity contribution in [2.45, 2.75) is 13.3 Å². The molecule has 12 heteroatoms. The van der Waals surface area contributed by atoms with Gasteiger partial charge in [-0.3, -0.25) is 9.79 Å². The van der Waals surface area contributed by atoms with Crippen molar-refractivity contribution >= 4 is 44.3 Å². The number of ether oxygens (including phenoxy) is 1. The standard InChI is InChI=1S/C18H11F5N2OS2.C2H4O2/c19-10-6-11(20)15(22)16(23)14(21)9(10)7-26-8-1-2-12-13(5-8)28-18(25-12)17-24-3-4-27-17;1-2(3)4/h1-2,5H,3-4,6-7H2;1H3,(H,3,4). The number of aliphatic carboxylic acids is 1. The van der Waals surface area contributed by atoms with Gasteiger partial charge in [0.15, 0.2) is 17.5 Å². The summed E-state index contributed by atoms with van der Waals surface area (Å²) in [6.07, 6.45) is -1.16. The van der Waals surface area contributed by atoms with E-state index in [0.717, 1.165) is 34.0 Å². The average molecular weight is 490 g/mol. The van der Waals surface area contributed by atoms with Crippen LogP contribution < -0.4 is 4.74 Å². The highest BCUT2D eigenvalue weighted by atomic mass is 32.2. The number of hydrogen-bond acceptors (Lipinski definition) is 6. The Labute approximate surface area is 187 Å². The molecule has 0 radical (unpaired) electrons. The van der Waals surface area contributed by atoms with Gasteiger partial charge in [0.2, 0.25) is 0 Å². The van der Waals surface area contributed by atoms with E-state index in [0.29, 0.717) is 5.52 Å². The Hall–Kier alpha value is -2.73. The van der Waals surface area contributed by atoms with Gasteiger partial charge in [-0.2, -0.15) is 0 Å². The van der Waals surface area contributed by atoms with Gasteiger partial charge in [0.25, 0.3) is 5.97 Å². The van der Waals surface area contributed by atoms with E-state index >= 15 is 0 Å². The van der Waals surface area contributed by atoms with Gasteiger partial charge in [-0.15, -0.1) is 23.1 Å². The van der Waals surface area contributed by atoms with Crippen molar-refractivity contribution in [1.29, 1.82) is 0 Å². The van der Waals surface area contributed by atoms with Gasteiger partial charge in [0, 0.05) is 19.2 Å². The molecule has 0 unspecified atom stereocenters. The van der Waals surface area contributed by atoms with E-state index in [1.54, 1.807) is 30.0 Å².